The zero-order valence-corrected chi connectivity index (χ0v) is 38.2. The number of carbonyl (C=O) groups excluding carboxylic acids is 1. The first-order chi connectivity index (χ1) is 30.0. The summed E-state index contributed by atoms with van der Waals surface area (Å²) in [6, 6.07) is 0. The van der Waals surface area contributed by atoms with Gasteiger partial charge in [-0.3, -0.25) is 4.79 Å². The second-order valence-electron chi connectivity index (χ2n) is 21.8. The number of nitrogens with one attached hydrogen (secondary N) is 2. The molecule has 13 nitrogen and oxygen atoms in total. The van der Waals surface area contributed by atoms with E-state index in [1.807, 2.05) is 12.2 Å². The van der Waals surface area contributed by atoms with Crippen molar-refractivity contribution in [1.29, 1.82) is 0 Å². The van der Waals surface area contributed by atoms with E-state index in [9.17, 15) is 40.9 Å². The Hall–Kier alpha value is -2.17. The highest BCUT2D eigenvalue weighted by Gasteiger charge is 2.75. The summed E-state index contributed by atoms with van der Waals surface area (Å²) >= 11 is 0. The standard InChI is InChI=1S/C50H79N3O10/c1-5-7-29-9-13-32-28(3)45(63-38(32)15-10-29)46(60)47(4,61)39-17-18-50(62)42-41-31(24-49(39,50)19-21-55)12-11-30(33-14-16-40(51)53-35(33)8-6-20-54)23-48(41)25-37(58)36(57)22-34(48)44(59)43(42)52-26-27(2)56/h11-12,14,16,27-32,34,36-41,45-46,52-58,60-62H,5-10,13,15,17-26,51H2,1-4H3. The van der Waals surface area contributed by atoms with E-state index < -0.39 is 76.5 Å². The molecule has 1 spiro atoms. The first-order valence-corrected chi connectivity index (χ1v) is 24.7. The van der Waals surface area contributed by atoms with Gasteiger partial charge in [-0.2, -0.15) is 0 Å². The maximum Gasteiger partial charge on any atom is 0.182 e. The summed E-state index contributed by atoms with van der Waals surface area (Å²) in [7, 11) is 0. The average Bonchev–Trinajstić information content (AvgIpc) is 3.55. The van der Waals surface area contributed by atoms with Gasteiger partial charge in [-0.15, -0.1) is 0 Å². The van der Waals surface area contributed by atoms with E-state index in [-0.39, 0.29) is 86.7 Å². The number of aliphatic hydroxyl groups is 8. The fourth-order valence-electron chi connectivity index (χ4n) is 15.5. The summed E-state index contributed by atoms with van der Waals surface area (Å²) in [6.07, 6.45) is 12.0. The Morgan fingerprint density at radius 1 is 1.03 bits per heavy atom. The van der Waals surface area contributed by atoms with Crippen LogP contribution in [0.3, 0.4) is 0 Å². The molecule has 12 N–H and O–H groups in total. The zero-order valence-electron chi connectivity index (χ0n) is 38.2. The number of allylic oxidation sites excluding steroid dienone is 6. The van der Waals surface area contributed by atoms with E-state index in [0.717, 1.165) is 43.4 Å². The summed E-state index contributed by atoms with van der Waals surface area (Å²) < 4.78 is 6.78. The lowest BCUT2D eigenvalue weighted by atomic mass is 9.40. The molecule has 4 saturated carbocycles. The Bertz CT molecular complexity index is 1810. The number of fused-ring (bicyclic) bond motifs is 3. The minimum atomic E-state index is -1.77. The summed E-state index contributed by atoms with van der Waals surface area (Å²) in [5.74, 6) is -1.87. The maximum absolute atomic E-state index is 15.4. The number of hydrogen-bond donors (Lipinski definition) is 11. The predicted octanol–water partition coefficient (Wildman–Crippen LogP) is 3.23. The molecule has 19 atom stereocenters. The molecule has 2 heterocycles. The Balaban J connectivity index is 1.25. The van der Waals surface area contributed by atoms with Gasteiger partial charge in [0.2, 0.25) is 0 Å². The highest BCUT2D eigenvalue weighted by molar-refractivity contribution is 6.00. The van der Waals surface area contributed by atoms with Crippen molar-refractivity contribution in [2.45, 2.75) is 178 Å². The molecular weight excluding hydrogens is 803 g/mol. The van der Waals surface area contributed by atoms with Crippen molar-refractivity contribution in [3.05, 3.63) is 46.8 Å². The molecule has 19 unspecified atom stereocenters. The number of Topliss-reactive ketones (excluding diaryl/α,β-unsaturated/α-hetero) is 1. The number of carbonyl (C=O) groups is 1. The topological polar surface area (TPSA) is 238 Å². The SMILES string of the molecule is CCCC1CCC2OC(C(O)C(C)(O)C3CCC4(O)C5=C(NCC(C)O)C(=O)C6CC(O)C(O)CC67CC(C6=C(CCCO)NC(N)C=C6)C=CC(CC34CCO)C57)C(C)C2CC1. The molecule has 0 aromatic rings. The van der Waals surface area contributed by atoms with Gasteiger partial charge in [-0.05, 0) is 149 Å². The quantitative estimate of drug-likeness (QED) is 0.113. The Kier molecular flexibility index (Phi) is 13.6. The van der Waals surface area contributed by atoms with Crippen LogP contribution in [-0.2, 0) is 9.53 Å². The molecule has 354 valence electrons. The van der Waals surface area contributed by atoms with Crippen LogP contribution < -0.4 is 16.4 Å². The lowest BCUT2D eigenvalue weighted by Crippen LogP contribution is -2.68. The molecule has 8 aliphatic rings. The molecule has 8 rings (SSSR count). The third-order valence-electron chi connectivity index (χ3n) is 18.3. The Morgan fingerprint density at radius 2 is 1.79 bits per heavy atom. The van der Waals surface area contributed by atoms with Gasteiger partial charge in [0.25, 0.3) is 0 Å². The first kappa shape index (κ1) is 47.3. The number of nitrogens with two attached hydrogens (primary N) is 1. The van der Waals surface area contributed by atoms with E-state index in [1.165, 1.54) is 6.42 Å². The number of aliphatic hydroxyl groups excluding tert-OH is 6. The molecule has 5 fully saturated rings. The van der Waals surface area contributed by atoms with E-state index in [0.29, 0.717) is 43.6 Å². The summed E-state index contributed by atoms with van der Waals surface area (Å²) in [5, 5.41) is 101. The van der Waals surface area contributed by atoms with Gasteiger partial charge in [-0.1, -0.05) is 51.3 Å². The molecule has 6 aliphatic carbocycles. The van der Waals surface area contributed by atoms with Gasteiger partial charge in [0.15, 0.2) is 5.78 Å². The van der Waals surface area contributed by atoms with Crippen LogP contribution >= 0.6 is 0 Å². The molecule has 63 heavy (non-hydrogen) atoms. The third-order valence-corrected chi connectivity index (χ3v) is 18.3. The second-order valence-corrected chi connectivity index (χ2v) is 21.8. The number of ether oxygens (including phenoxy) is 1. The van der Waals surface area contributed by atoms with Gasteiger partial charge in [0.1, 0.15) is 6.10 Å². The van der Waals surface area contributed by atoms with Crippen molar-refractivity contribution in [2.24, 2.45) is 63.9 Å². The van der Waals surface area contributed by atoms with Crippen molar-refractivity contribution in [3.8, 4) is 0 Å². The van der Waals surface area contributed by atoms with Crippen LogP contribution in [0.1, 0.15) is 124 Å². The van der Waals surface area contributed by atoms with Crippen LogP contribution in [-0.4, -0.2) is 120 Å². The maximum atomic E-state index is 15.4. The fourth-order valence-corrected chi connectivity index (χ4v) is 15.5. The first-order valence-electron chi connectivity index (χ1n) is 24.7. The molecule has 1 saturated heterocycles. The van der Waals surface area contributed by atoms with Crippen molar-refractivity contribution < 1.29 is 50.4 Å². The van der Waals surface area contributed by atoms with Crippen molar-refractivity contribution in [3.63, 3.8) is 0 Å². The van der Waals surface area contributed by atoms with Gasteiger partial charge >= 0.3 is 0 Å². The van der Waals surface area contributed by atoms with Crippen molar-refractivity contribution in [1.82, 2.24) is 10.6 Å². The normalized spacial score (nSPS) is 45.3. The highest BCUT2D eigenvalue weighted by atomic mass is 16.5. The lowest BCUT2D eigenvalue weighted by Gasteiger charge is -2.65. The van der Waals surface area contributed by atoms with E-state index in [1.54, 1.807) is 13.8 Å². The number of hydrogen-bond acceptors (Lipinski definition) is 13. The van der Waals surface area contributed by atoms with Crippen LogP contribution in [0.2, 0.25) is 0 Å². The third kappa shape index (κ3) is 7.83. The van der Waals surface area contributed by atoms with Crippen LogP contribution in [0, 0.1) is 58.2 Å². The monoisotopic (exact) mass is 882 g/mol. The van der Waals surface area contributed by atoms with Gasteiger partial charge in [0.05, 0.1) is 53.6 Å². The highest BCUT2D eigenvalue weighted by Crippen LogP contribution is 2.74. The van der Waals surface area contributed by atoms with E-state index in [2.05, 4.69) is 36.6 Å². The Labute approximate surface area is 374 Å². The second kappa shape index (κ2) is 18.1. The zero-order chi connectivity index (χ0) is 45.2. The molecular formula is C50H79N3O10. The summed E-state index contributed by atoms with van der Waals surface area (Å²) in [5.41, 5.74) is 3.30. The molecule has 0 amide bonds. The molecule has 0 aromatic heterocycles. The largest absolute Gasteiger partial charge is 0.396 e. The van der Waals surface area contributed by atoms with Crippen LogP contribution in [0.5, 0.6) is 0 Å². The molecule has 0 radical (unpaired) electrons. The predicted molar refractivity (Wildman–Crippen MR) is 238 cm³/mol. The molecule has 0 bridgehead atoms. The van der Waals surface area contributed by atoms with Gasteiger partial charge in [-0.25, -0.2) is 0 Å². The summed E-state index contributed by atoms with van der Waals surface area (Å²) in [4.78, 5) is 15.4. The van der Waals surface area contributed by atoms with Gasteiger partial charge in [0, 0.05) is 42.7 Å². The van der Waals surface area contributed by atoms with Crippen LogP contribution in [0.25, 0.3) is 0 Å². The lowest BCUT2D eigenvalue weighted by molar-refractivity contribution is -0.211. The average molecular weight is 882 g/mol. The molecule has 13 heteroatoms. The number of dihydropyridines is 1. The number of ketones is 1. The smallest absolute Gasteiger partial charge is 0.182 e. The van der Waals surface area contributed by atoms with Crippen LogP contribution in [0.15, 0.2) is 46.8 Å². The van der Waals surface area contributed by atoms with Crippen molar-refractivity contribution >= 4 is 5.78 Å². The van der Waals surface area contributed by atoms with Gasteiger partial charge < -0.3 is 62.0 Å². The van der Waals surface area contributed by atoms with E-state index >= 15 is 4.79 Å². The fraction of sp³-hybridized carbons (Fsp3) is 0.820. The summed E-state index contributed by atoms with van der Waals surface area (Å²) in [6.45, 7) is 7.41. The minimum absolute atomic E-state index is 0.000621. The molecule has 2 aliphatic heterocycles. The number of rotatable bonds is 14. The van der Waals surface area contributed by atoms with Crippen LogP contribution in [0.4, 0.5) is 0 Å². The molecule has 0 aromatic carbocycles. The minimum Gasteiger partial charge on any atom is -0.396 e. The van der Waals surface area contributed by atoms with E-state index in [4.69, 9.17) is 10.5 Å². The van der Waals surface area contributed by atoms with Crippen molar-refractivity contribution in [2.75, 3.05) is 19.8 Å². The Morgan fingerprint density at radius 3 is 2.51 bits per heavy atom.